The standard InChI is InChI=1S/C15H23ClN2O2/c1-10(2)9-18-13(8-17)11-6-12(16)15-14(7-11)19-4-3-5-20-15/h6-7,10,13,18H,3-5,8-9,17H2,1-2H3. The highest BCUT2D eigenvalue weighted by Gasteiger charge is 2.19. The molecule has 4 nitrogen and oxygen atoms in total. The molecule has 0 radical (unpaired) electrons. The lowest BCUT2D eigenvalue weighted by molar-refractivity contribution is 0.297. The van der Waals surface area contributed by atoms with Gasteiger partial charge in [-0.2, -0.15) is 0 Å². The molecule has 0 saturated carbocycles. The van der Waals surface area contributed by atoms with Gasteiger partial charge in [0.15, 0.2) is 11.5 Å². The van der Waals surface area contributed by atoms with Gasteiger partial charge in [0.1, 0.15) is 0 Å². The maximum Gasteiger partial charge on any atom is 0.179 e. The van der Waals surface area contributed by atoms with E-state index in [1.165, 1.54) is 0 Å². The van der Waals surface area contributed by atoms with Crippen molar-refractivity contribution < 1.29 is 9.47 Å². The molecule has 20 heavy (non-hydrogen) atoms. The molecule has 1 atom stereocenters. The van der Waals surface area contributed by atoms with Gasteiger partial charge in [-0.3, -0.25) is 0 Å². The van der Waals surface area contributed by atoms with E-state index in [1.54, 1.807) is 0 Å². The van der Waals surface area contributed by atoms with Crippen LogP contribution >= 0.6 is 11.6 Å². The molecular weight excluding hydrogens is 276 g/mol. The normalized spacial score (nSPS) is 16.1. The summed E-state index contributed by atoms with van der Waals surface area (Å²) in [7, 11) is 0. The molecule has 1 aliphatic heterocycles. The van der Waals surface area contributed by atoms with Crippen LogP contribution in [-0.4, -0.2) is 26.3 Å². The third-order valence-electron chi connectivity index (χ3n) is 3.24. The quantitative estimate of drug-likeness (QED) is 0.877. The Bertz CT molecular complexity index is 452. The van der Waals surface area contributed by atoms with E-state index in [0.29, 0.717) is 36.4 Å². The largest absolute Gasteiger partial charge is 0.489 e. The molecule has 112 valence electrons. The lowest BCUT2D eigenvalue weighted by atomic mass is 10.1. The lowest BCUT2D eigenvalue weighted by Gasteiger charge is -2.20. The second-order valence-electron chi connectivity index (χ2n) is 5.47. The van der Waals surface area contributed by atoms with Crippen molar-refractivity contribution in [1.29, 1.82) is 0 Å². The Kier molecular flexibility index (Phi) is 5.52. The van der Waals surface area contributed by atoms with Crippen LogP contribution in [0.1, 0.15) is 31.9 Å². The van der Waals surface area contributed by atoms with Gasteiger partial charge in [0.05, 0.1) is 18.2 Å². The summed E-state index contributed by atoms with van der Waals surface area (Å²) in [6.07, 6.45) is 0.867. The van der Waals surface area contributed by atoms with E-state index in [1.807, 2.05) is 12.1 Å². The molecule has 0 aliphatic carbocycles. The SMILES string of the molecule is CC(C)CNC(CN)c1cc(Cl)c2c(c1)OCCCO2. The van der Waals surface area contributed by atoms with Gasteiger partial charge in [0, 0.05) is 19.0 Å². The highest BCUT2D eigenvalue weighted by molar-refractivity contribution is 6.32. The van der Waals surface area contributed by atoms with Crippen LogP contribution in [-0.2, 0) is 0 Å². The van der Waals surface area contributed by atoms with Gasteiger partial charge in [-0.05, 0) is 30.2 Å². The first-order chi connectivity index (χ1) is 9.61. The molecule has 0 bridgehead atoms. The van der Waals surface area contributed by atoms with Crippen LogP contribution in [0.3, 0.4) is 0 Å². The predicted octanol–water partition coefficient (Wildman–Crippen LogP) is 2.75. The fourth-order valence-electron chi connectivity index (χ4n) is 2.17. The van der Waals surface area contributed by atoms with Gasteiger partial charge >= 0.3 is 0 Å². The first-order valence-electron chi connectivity index (χ1n) is 7.14. The highest BCUT2D eigenvalue weighted by Crippen LogP contribution is 2.39. The minimum atomic E-state index is 0.0760. The van der Waals surface area contributed by atoms with Crippen molar-refractivity contribution in [3.05, 3.63) is 22.7 Å². The fraction of sp³-hybridized carbons (Fsp3) is 0.600. The van der Waals surface area contributed by atoms with Gasteiger partial charge in [-0.25, -0.2) is 0 Å². The van der Waals surface area contributed by atoms with E-state index >= 15 is 0 Å². The number of halogens is 1. The molecule has 2 rings (SSSR count). The summed E-state index contributed by atoms with van der Waals surface area (Å²) in [6.45, 7) is 7.05. The fourth-order valence-corrected chi connectivity index (χ4v) is 2.44. The summed E-state index contributed by atoms with van der Waals surface area (Å²) in [5.41, 5.74) is 6.91. The van der Waals surface area contributed by atoms with E-state index < -0.39 is 0 Å². The second-order valence-corrected chi connectivity index (χ2v) is 5.88. The molecule has 1 aromatic carbocycles. The van der Waals surface area contributed by atoms with E-state index in [0.717, 1.165) is 24.3 Å². The average Bonchev–Trinajstić information content (AvgIpc) is 2.65. The number of nitrogens with one attached hydrogen (secondary N) is 1. The van der Waals surface area contributed by atoms with Crippen LogP contribution in [0.4, 0.5) is 0 Å². The molecular formula is C15H23ClN2O2. The highest BCUT2D eigenvalue weighted by atomic mass is 35.5. The van der Waals surface area contributed by atoms with Crippen LogP contribution < -0.4 is 20.5 Å². The van der Waals surface area contributed by atoms with Crippen molar-refractivity contribution in [2.45, 2.75) is 26.3 Å². The smallest absolute Gasteiger partial charge is 0.179 e. The zero-order valence-electron chi connectivity index (χ0n) is 12.1. The molecule has 0 amide bonds. The first-order valence-corrected chi connectivity index (χ1v) is 7.52. The first kappa shape index (κ1) is 15.4. The van der Waals surface area contributed by atoms with Crippen molar-refractivity contribution in [3.8, 4) is 11.5 Å². The Hall–Kier alpha value is -0.970. The molecule has 1 aliphatic rings. The topological polar surface area (TPSA) is 56.5 Å². The number of benzene rings is 1. The van der Waals surface area contributed by atoms with Crippen molar-refractivity contribution in [1.82, 2.24) is 5.32 Å². The van der Waals surface area contributed by atoms with E-state index in [9.17, 15) is 0 Å². The zero-order valence-corrected chi connectivity index (χ0v) is 12.9. The number of fused-ring (bicyclic) bond motifs is 1. The van der Waals surface area contributed by atoms with Crippen LogP contribution in [0, 0.1) is 5.92 Å². The number of hydrogen-bond acceptors (Lipinski definition) is 4. The molecule has 3 N–H and O–H groups in total. The Morgan fingerprint density at radius 3 is 2.75 bits per heavy atom. The van der Waals surface area contributed by atoms with Gasteiger partial charge < -0.3 is 20.5 Å². The molecule has 1 heterocycles. The Morgan fingerprint density at radius 2 is 2.05 bits per heavy atom. The van der Waals surface area contributed by atoms with Crippen molar-refractivity contribution >= 4 is 11.6 Å². The molecule has 5 heteroatoms. The summed E-state index contributed by atoms with van der Waals surface area (Å²) in [5, 5.41) is 4.04. The van der Waals surface area contributed by atoms with E-state index in [4.69, 9.17) is 26.8 Å². The predicted molar refractivity (Wildman–Crippen MR) is 81.7 cm³/mol. The average molecular weight is 299 g/mol. The molecule has 0 spiro atoms. The molecule has 1 aromatic rings. The number of nitrogens with two attached hydrogens (primary N) is 1. The molecule has 0 fully saturated rings. The summed E-state index contributed by atoms with van der Waals surface area (Å²) in [6, 6.07) is 3.98. The summed E-state index contributed by atoms with van der Waals surface area (Å²) >= 11 is 6.31. The number of hydrogen-bond donors (Lipinski definition) is 2. The molecule has 1 unspecified atom stereocenters. The third kappa shape index (κ3) is 3.78. The van der Waals surface area contributed by atoms with Crippen LogP contribution in [0.25, 0.3) is 0 Å². The summed E-state index contributed by atoms with van der Waals surface area (Å²) in [5.74, 6) is 1.93. The van der Waals surface area contributed by atoms with E-state index in [-0.39, 0.29) is 6.04 Å². The van der Waals surface area contributed by atoms with Gasteiger partial charge in [-0.1, -0.05) is 25.4 Å². The van der Waals surface area contributed by atoms with E-state index in [2.05, 4.69) is 19.2 Å². The maximum absolute atomic E-state index is 6.31. The second kappa shape index (κ2) is 7.16. The van der Waals surface area contributed by atoms with Crippen LogP contribution in [0.15, 0.2) is 12.1 Å². The van der Waals surface area contributed by atoms with Gasteiger partial charge in [0.25, 0.3) is 0 Å². The van der Waals surface area contributed by atoms with Gasteiger partial charge in [-0.15, -0.1) is 0 Å². The Labute approximate surface area is 125 Å². The number of ether oxygens (including phenoxy) is 2. The number of rotatable bonds is 5. The minimum absolute atomic E-state index is 0.0760. The van der Waals surface area contributed by atoms with Crippen molar-refractivity contribution in [2.24, 2.45) is 11.7 Å². The van der Waals surface area contributed by atoms with Crippen LogP contribution in [0.5, 0.6) is 11.5 Å². The zero-order chi connectivity index (χ0) is 14.5. The van der Waals surface area contributed by atoms with Crippen molar-refractivity contribution in [2.75, 3.05) is 26.3 Å². The van der Waals surface area contributed by atoms with Crippen LogP contribution in [0.2, 0.25) is 5.02 Å². The Balaban J connectivity index is 2.22. The van der Waals surface area contributed by atoms with Crippen molar-refractivity contribution in [3.63, 3.8) is 0 Å². The monoisotopic (exact) mass is 298 g/mol. The summed E-state index contributed by atoms with van der Waals surface area (Å²) in [4.78, 5) is 0. The lowest BCUT2D eigenvalue weighted by Crippen LogP contribution is -2.31. The third-order valence-corrected chi connectivity index (χ3v) is 3.52. The Morgan fingerprint density at radius 1 is 1.30 bits per heavy atom. The maximum atomic E-state index is 6.31. The summed E-state index contributed by atoms with van der Waals surface area (Å²) < 4.78 is 11.3. The molecule has 0 aromatic heterocycles. The molecule has 0 saturated heterocycles. The minimum Gasteiger partial charge on any atom is -0.489 e. The van der Waals surface area contributed by atoms with Gasteiger partial charge in [0.2, 0.25) is 0 Å².